The number of Topliss-reactive ketones (excluding diaryl/α,β-unsaturated/α-hetero) is 1. The van der Waals surface area contributed by atoms with Gasteiger partial charge in [0.05, 0.1) is 5.94 Å². The fourth-order valence-electron chi connectivity index (χ4n) is 7.69. The van der Waals surface area contributed by atoms with Crippen LogP contribution in [0, 0.1) is 34.5 Å². The Bertz CT molecular complexity index is 806. The van der Waals surface area contributed by atoms with E-state index in [1.807, 2.05) is 12.3 Å². The fraction of sp³-hybridized carbons (Fsp3) is 0.808. The topological polar surface area (TPSA) is 69.7 Å². The predicted octanol–water partition coefficient (Wildman–Crippen LogP) is 4.97. The number of allylic oxidation sites excluding steroid dienone is 1. The lowest BCUT2D eigenvalue weighted by Gasteiger charge is -2.58. The molecule has 178 valence electrons. The van der Waals surface area contributed by atoms with Gasteiger partial charge in [-0.25, -0.2) is 4.79 Å². The molecule has 0 aromatic carbocycles. The van der Waals surface area contributed by atoms with E-state index in [1.54, 1.807) is 6.92 Å². The molecule has 0 aromatic heterocycles. The van der Waals surface area contributed by atoms with Gasteiger partial charge >= 0.3 is 5.97 Å². The molecule has 0 bridgehead atoms. The standard InChI is InChI=1S/C26H38O5S/c1-16(31-15-32-4)24(29)30-14-23(28)22-8-7-20-19-6-5-17-13-18(27)9-11-25(17,2)21(19)10-12-26(20,22)3/h13,16,19-22H,5-12,14-15H2,1-4H3/t16?,19-,20-,21-,22+,25-,26-/m0/s1. The number of carbonyl (C=O) groups excluding carboxylic acids is 3. The van der Waals surface area contributed by atoms with Gasteiger partial charge in [0.25, 0.3) is 0 Å². The van der Waals surface area contributed by atoms with E-state index in [1.165, 1.54) is 17.3 Å². The van der Waals surface area contributed by atoms with Crippen molar-refractivity contribution in [2.45, 2.75) is 78.2 Å². The van der Waals surface area contributed by atoms with E-state index in [9.17, 15) is 14.4 Å². The highest BCUT2D eigenvalue weighted by Gasteiger charge is 2.60. The van der Waals surface area contributed by atoms with Gasteiger partial charge in [0.15, 0.2) is 17.7 Å². The minimum atomic E-state index is -0.648. The second kappa shape index (κ2) is 9.25. The Morgan fingerprint density at radius 2 is 1.91 bits per heavy atom. The number of hydrogen-bond acceptors (Lipinski definition) is 6. The monoisotopic (exact) mass is 462 g/mol. The number of carbonyl (C=O) groups is 3. The van der Waals surface area contributed by atoms with E-state index in [2.05, 4.69) is 13.8 Å². The minimum Gasteiger partial charge on any atom is -0.456 e. The van der Waals surface area contributed by atoms with E-state index in [0.29, 0.717) is 35.9 Å². The van der Waals surface area contributed by atoms with Gasteiger partial charge in [-0.15, -0.1) is 11.8 Å². The van der Waals surface area contributed by atoms with Crippen molar-refractivity contribution in [3.05, 3.63) is 11.6 Å². The van der Waals surface area contributed by atoms with Crippen molar-refractivity contribution < 1.29 is 23.9 Å². The van der Waals surface area contributed by atoms with E-state index in [4.69, 9.17) is 9.47 Å². The first kappa shape index (κ1) is 24.0. The van der Waals surface area contributed by atoms with Crippen LogP contribution in [0.4, 0.5) is 0 Å². The van der Waals surface area contributed by atoms with Gasteiger partial charge in [-0.3, -0.25) is 9.59 Å². The van der Waals surface area contributed by atoms with Gasteiger partial charge in [-0.1, -0.05) is 19.4 Å². The number of ether oxygens (including phenoxy) is 2. The zero-order valence-electron chi connectivity index (χ0n) is 20.0. The Morgan fingerprint density at radius 1 is 1.12 bits per heavy atom. The van der Waals surface area contributed by atoms with Crippen LogP contribution in [-0.2, 0) is 23.9 Å². The Hall–Kier alpha value is -1.14. The van der Waals surface area contributed by atoms with Gasteiger partial charge in [0.2, 0.25) is 0 Å². The molecule has 3 fully saturated rings. The summed E-state index contributed by atoms with van der Waals surface area (Å²) in [5.41, 5.74) is 1.53. The molecule has 1 unspecified atom stereocenters. The molecule has 4 aliphatic rings. The van der Waals surface area contributed by atoms with Crippen LogP contribution in [-0.4, -0.2) is 42.4 Å². The molecule has 7 atom stereocenters. The third kappa shape index (κ3) is 4.11. The number of fused-ring (bicyclic) bond motifs is 5. The van der Waals surface area contributed by atoms with Crippen LogP contribution >= 0.6 is 11.8 Å². The molecule has 4 aliphatic carbocycles. The van der Waals surface area contributed by atoms with Crippen molar-refractivity contribution >= 4 is 29.3 Å². The highest BCUT2D eigenvalue weighted by atomic mass is 32.2. The molecule has 0 spiro atoms. The Balaban J connectivity index is 1.42. The lowest BCUT2D eigenvalue weighted by Crippen LogP contribution is -2.51. The molecule has 32 heavy (non-hydrogen) atoms. The van der Waals surface area contributed by atoms with E-state index in [0.717, 1.165) is 44.9 Å². The second-order valence-corrected chi connectivity index (χ2v) is 11.7. The maximum absolute atomic E-state index is 13.2. The number of rotatable bonds is 7. The molecule has 0 radical (unpaired) electrons. The maximum atomic E-state index is 13.2. The van der Waals surface area contributed by atoms with Crippen molar-refractivity contribution in [3.63, 3.8) is 0 Å². The molecule has 3 saturated carbocycles. The smallest absolute Gasteiger partial charge is 0.335 e. The highest BCUT2D eigenvalue weighted by molar-refractivity contribution is 7.98. The summed E-state index contributed by atoms with van der Waals surface area (Å²) in [6.07, 6.45) is 11.2. The summed E-state index contributed by atoms with van der Waals surface area (Å²) in [5.74, 6) is 2.11. The van der Waals surface area contributed by atoms with E-state index >= 15 is 0 Å². The van der Waals surface area contributed by atoms with Crippen LogP contribution < -0.4 is 0 Å². The molecule has 5 nitrogen and oxygen atoms in total. The zero-order valence-corrected chi connectivity index (χ0v) is 20.8. The summed E-state index contributed by atoms with van der Waals surface area (Å²) in [6, 6.07) is 0. The molecule has 6 heteroatoms. The first-order chi connectivity index (χ1) is 15.2. The first-order valence-corrected chi connectivity index (χ1v) is 13.6. The van der Waals surface area contributed by atoms with Crippen molar-refractivity contribution in [1.82, 2.24) is 0 Å². The SMILES string of the molecule is CSCOC(C)C(=O)OCC(=O)[C@H]1CC[C@H]2[C@@H]3CCC4=CC(=O)CC[C@]4(C)[C@H]3CC[C@]12C. The molecular weight excluding hydrogens is 424 g/mol. The zero-order chi connectivity index (χ0) is 23.1. The van der Waals surface area contributed by atoms with Gasteiger partial charge in [-0.05, 0) is 92.8 Å². The third-order valence-electron chi connectivity index (χ3n) is 9.48. The largest absolute Gasteiger partial charge is 0.456 e. The fourth-order valence-corrected chi connectivity index (χ4v) is 8.03. The quantitative estimate of drug-likeness (QED) is 0.393. The van der Waals surface area contributed by atoms with Gasteiger partial charge in [0, 0.05) is 12.3 Å². The summed E-state index contributed by atoms with van der Waals surface area (Å²) < 4.78 is 10.7. The van der Waals surface area contributed by atoms with Crippen LogP contribution in [0.2, 0.25) is 0 Å². The number of esters is 1. The molecule has 0 aliphatic heterocycles. The van der Waals surface area contributed by atoms with Gasteiger partial charge in [0.1, 0.15) is 6.61 Å². The highest BCUT2D eigenvalue weighted by Crippen LogP contribution is 2.66. The van der Waals surface area contributed by atoms with Crippen molar-refractivity contribution in [1.29, 1.82) is 0 Å². The average Bonchev–Trinajstić information content (AvgIpc) is 3.13. The third-order valence-corrected chi connectivity index (χ3v) is 9.85. The van der Waals surface area contributed by atoms with Crippen molar-refractivity contribution in [3.8, 4) is 0 Å². The predicted molar refractivity (Wildman–Crippen MR) is 125 cm³/mol. The molecule has 0 saturated heterocycles. The van der Waals surface area contributed by atoms with Crippen LogP contribution in [0.15, 0.2) is 11.6 Å². The summed E-state index contributed by atoms with van der Waals surface area (Å²) in [4.78, 5) is 37.4. The van der Waals surface area contributed by atoms with Crippen molar-refractivity contribution in [2.24, 2.45) is 34.5 Å². The molecule has 0 aromatic rings. The molecule has 0 amide bonds. The Kier molecular flexibility index (Phi) is 6.94. The summed E-state index contributed by atoms with van der Waals surface area (Å²) >= 11 is 1.50. The lowest BCUT2D eigenvalue weighted by molar-refractivity contribution is -0.159. The summed E-state index contributed by atoms with van der Waals surface area (Å²) in [6.45, 7) is 6.23. The van der Waals surface area contributed by atoms with Crippen LogP contribution in [0.25, 0.3) is 0 Å². The number of thioether (sulfide) groups is 1. The van der Waals surface area contributed by atoms with E-state index < -0.39 is 12.1 Å². The number of ketones is 2. The van der Waals surface area contributed by atoms with Crippen LogP contribution in [0.3, 0.4) is 0 Å². The summed E-state index contributed by atoms with van der Waals surface area (Å²) in [7, 11) is 0. The summed E-state index contributed by atoms with van der Waals surface area (Å²) in [5, 5.41) is 0. The van der Waals surface area contributed by atoms with Gasteiger partial charge < -0.3 is 9.47 Å². The second-order valence-electron chi connectivity index (χ2n) is 10.9. The number of hydrogen-bond donors (Lipinski definition) is 0. The molecule has 4 rings (SSSR count). The Labute approximate surface area is 196 Å². The normalized spacial score (nSPS) is 39.4. The van der Waals surface area contributed by atoms with Crippen LogP contribution in [0.5, 0.6) is 0 Å². The van der Waals surface area contributed by atoms with Crippen LogP contribution in [0.1, 0.15) is 72.1 Å². The average molecular weight is 463 g/mol. The molecule has 0 N–H and O–H groups in total. The molecule has 0 heterocycles. The van der Waals surface area contributed by atoms with E-state index in [-0.39, 0.29) is 29.1 Å². The van der Waals surface area contributed by atoms with Gasteiger partial charge in [-0.2, -0.15) is 0 Å². The molecular formula is C26H38O5S. The van der Waals surface area contributed by atoms with Crippen molar-refractivity contribution in [2.75, 3.05) is 18.8 Å². The Morgan fingerprint density at radius 3 is 2.66 bits per heavy atom. The lowest BCUT2D eigenvalue weighted by atomic mass is 9.46. The minimum absolute atomic E-state index is 0.00626. The maximum Gasteiger partial charge on any atom is 0.335 e. The first-order valence-electron chi connectivity index (χ1n) is 12.2.